The lowest BCUT2D eigenvalue weighted by molar-refractivity contribution is 0.577. The van der Waals surface area contributed by atoms with Crippen LogP contribution in [0, 0.1) is 0 Å². The van der Waals surface area contributed by atoms with E-state index in [1.54, 1.807) is 6.26 Å². The Hall–Kier alpha value is -1.84. The predicted molar refractivity (Wildman–Crippen MR) is 56.1 cm³/mol. The molecule has 0 spiro atoms. The molecule has 3 rings (SSSR count). The normalized spacial score (nSPS) is 15.5. The van der Waals surface area contributed by atoms with Gasteiger partial charge in [-0.25, -0.2) is 9.97 Å². The molecule has 2 heterocycles. The number of rotatable bonds is 2. The average molecular weight is 201 g/mol. The molecule has 4 heteroatoms. The van der Waals surface area contributed by atoms with Crippen molar-refractivity contribution in [3.8, 4) is 11.6 Å². The minimum Gasteiger partial charge on any atom is -0.461 e. The monoisotopic (exact) mass is 201 g/mol. The van der Waals surface area contributed by atoms with Gasteiger partial charge in [0.15, 0.2) is 11.6 Å². The molecule has 1 saturated carbocycles. The second-order valence-corrected chi connectivity index (χ2v) is 3.79. The number of furan rings is 1. The van der Waals surface area contributed by atoms with Gasteiger partial charge in [-0.05, 0) is 25.0 Å². The maximum Gasteiger partial charge on any atom is 0.197 e. The van der Waals surface area contributed by atoms with E-state index in [0.29, 0.717) is 23.3 Å². The molecule has 76 valence electrons. The summed E-state index contributed by atoms with van der Waals surface area (Å²) in [6.45, 7) is 0. The van der Waals surface area contributed by atoms with Crippen molar-refractivity contribution in [3.05, 3.63) is 30.2 Å². The van der Waals surface area contributed by atoms with Gasteiger partial charge in [0, 0.05) is 17.7 Å². The highest BCUT2D eigenvalue weighted by atomic mass is 16.3. The number of hydrogen-bond donors (Lipinski definition) is 1. The lowest BCUT2D eigenvalue weighted by Gasteiger charge is -2.02. The minimum absolute atomic E-state index is 0.512. The molecule has 0 aliphatic heterocycles. The Balaban J connectivity index is 2.07. The molecule has 2 N–H and O–H groups in total. The van der Waals surface area contributed by atoms with Gasteiger partial charge in [-0.1, -0.05) is 0 Å². The number of nitrogens with zero attached hydrogens (tertiary/aromatic N) is 2. The summed E-state index contributed by atoms with van der Waals surface area (Å²) in [7, 11) is 0. The van der Waals surface area contributed by atoms with E-state index in [1.807, 2.05) is 18.2 Å². The molecular formula is C11H11N3O. The summed E-state index contributed by atoms with van der Waals surface area (Å²) in [5, 5.41) is 0. The first-order chi connectivity index (χ1) is 7.33. The van der Waals surface area contributed by atoms with E-state index in [9.17, 15) is 0 Å². The fourth-order valence-corrected chi connectivity index (χ4v) is 1.59. The predicted octanol–water partition coefficient (Wildman–Crippen LogP) is 2.20. The number of nitrogen functional groups attached to an aromatic ring is 1. The largest absolute Gasteiger partial charge is 0.461 e. The van der Waals surface area contributed by atoms with E-state index in [2.05, 4.69) is 9.97 Å². The third-order valence-corrected chi connectivity index (χ3v) is 2.50. The number of hydrogen-bond acceptors (Lipinski definition) is 4. The summed E-state index contributed by atoms with van der Waals surface area (Å²) >= 11 is 0. The van der Waals surface area contributed by atoms with Crippen LogP contribution in [0.25, 0.3) is 11.6 Å². The van der Waals surface area contributed by atoms with Crippen LogP contribution in [0.5, 0.6) is 0 Å². The van der Waals surface area contributed by atoms with Crippen molar-refractivity contribution in [2.75, 3.05) is 5.73 Å². The second kappa shape index (κ2) is 3.08. The molecule has 0 bridgehead atoms. The van der Waals surface area contributed by atoms with Crippen LogP contribution < -0.4 is 5.73 Å². The van der Waals surface area contributed by atoms with Crippen LogP contribution >= 0.6 is 0 Å². The number of nitrogens with two attached hydrogens (primary N) is 1. The molecule has 0 saturated heterocycles. The molecule has 4 nitrogen and oxygen atoms in total. The molecule has 0 unspecified atom stereocenters. The van der Waals surface area contributed by atoms with Gasteiger partial charge in [-0.3, -0.25) is 0 Å². The average Bonchev–Trinajstić information content (AvgIpc) is 2.93. The highest BCUT2D eigenvalue weighted by molar-refractivity contribution is 5.50. The standard InChI is InChI=1S/C11H11N3O/c12-10-6-8(7-3-4-7)13-11(14-10)9-2-1-5-15-9/h1-2,5-7H,3-4H2,(H2,12,13,14). The summed E-state index contributed by atoms with van der Waals surface area (Å²) in [5.74, 6) is 2.34. The van der Waals surface area contributed by atoms with Crippen molar-refractivity contribution in [3.63, 3.8) is 0 Å². The first kappa shape index (κ1) is 8.47. The van der Waals surface area contributed by atoms with E-state index >= 15 is 0 Å². The maximum absolute atomic E-state index is 5.74. The molecule has 0 amide bonds. The van der Waals surface area contributed by atoms with Crippen molar-refractivity contribution in [2.45, 2.75) is 18.8 Å². The highest BCUT2D eigenvalue weighted by Crippen LogP contribution is 2.39. The summed E-state index contributed by atoms with van der Waals surface area (Å²) in [6.07, 6.45) is 4.01. The Bertz CT molecular complexity index is 475. The van der Waals surface area contributed by atoms with Gasteiger partial charge in [-0.15, -0.1) is 0 Å². The lowest BCUT2D eigenvalue weighted by Crippen LogP contribution is -1.98. The Labute approximate surface area is 87.2 Å². The first-order valence-electron chi connectivity index (χ1n) is 5.01. The van der Waals surface area contributed by atoms with Crippen LogP contribution in [0.4, 0.5) is 5.82 Å². The zero-order valence-corrected chi connectivity index (χ0v) is 8.18. The van der Waals surface area contributed by atoms with Crippen molar-refractivity contribution in [1.29, 1.82) is 0 Å². The van der Waals surface area contributed by atoms with Crippen molar-refractivity contribution in [1.82, 2.24) is 9.97 Å². The quantitative estimate of drug-likeness (QED) is 0.808. The zero-order valence-electron chi connectivity index (χ0n) is 8.18. The summed E-state index contributed by atoms with van der Waals surface area (Å²) in [5.41, 5.74) is 6.77. The fourth-order valence-electron chi connectivity index (χ4n) is 1.59. The maximum atomic E-state index is 5.74. The summed E-state index contributed by atoms with van der Waals surface area (Å²) in [4.78, 5) is 8.61. The Kier molecular flexibility index (Phi) is 1.74. The van der Waals surface area contributed by atoms with Crippen LogP contribution in [0.1, 0.15) is 24.5 Å². The van der Waals surface area contributed by atoms with Gasteiger partial charge >= 0.3 is 0 Å². The van der Waals surface area contributed by atoms with Crippen LogP contribution in [0.3, 0.4) is 0 Å². The second-order valence-electron chi connectivity index (χ2n) is 3.79. The third kappa shape index (κ3) is 1.58. The van der Waals surface area contributed by atoms with Gasteiger partial charge in [0.2, 0.25) is 0 Å². The van der Waals surface area contributed by atoms with Gasteiger partial charge in [0.05, 0.1) is 6.26 Å². The van der Waals surface area contributed by atoms with E-state index in [-0.39, 0.29) is 0 Å². The topological polar surface area (TPSA) is 64.9 Å². The van der Waals surface area contributed by atoms with E-state index < -0.39 is 0 Å². The van der Waals surface area contributed by atoms with Crippen LogP contribution in [-0.2, 0) is 0 Å². The van der Waals surface area contributed by atoms with Gasteiger partial charge in [-0.2, -0.15) is 0 Å². The molecule has 1 fully saturated rings. The van der Waals surface area contributed by atoms with E-state index in [4.69, 9.17) is 10.2 Å². The van der Waals surface area contributed by atoms with Crippen LogP contribution in [0.15, 0.2) is 28.9 Å². The van der Waals surface area contributed by atoms with Crippen molar-refractivity contribution < 1.29 is 4.42 Å². The SMILES string of the molecule is Nc1cc(C2CC2)nc(-c2ccco2)n1. The molecular weight excluding hydrogens is 190 g/mol. The molecule has 1 aliphatic carbocycles. The van der Waals surface area contributed by atoms with Crippen LogP contribution in [-0.4, -0.2) is 9.97 Å². The Morgan fingerprint density at radius 3 is 2.87 bits per heavy atom. The molecule has 0 atom stereocenters. The summed E-state index contributed by atoms with van der Waals surface area (Å²) < 4.78 is 5.25. The van der Waals surface area contributed by atoms with E-state index in [0.717, 1.165) is 5.69 Å². The molecule has 0 radical (unpaired) electrons. The van der Waals surface area contributed by atoms with E-state index in [1.165, 1.54) is 12.8 Å². The molecule has 2 aromatic heterocycles. The highest BCUT2D eigenvalue weighted by Gasteiger charge is 2.26. The van der Waals surface area contributed by atoms with Crippen LogP contribution in [0.2, 0.25) is 0 Å². The van der Waals surface area contributed by atoms with Gasteiger partial charge < -0.3 is 10.2 Å². The molecule has 15 heavy (non-hydrogen) atoms. The Morgan fingerprint density at radius 2 is 2.20 bits per heavy atom. The lowest BCUT2D eigenvalue weighted by atomic mass is 10.2. The van der Waals surface area contributed by atoms with Gasteiger partial charge in [0.25, 0.3) is 0 Å². The minimum atomic E-state index is 0.512. The number of anilines is 1. The first-order valence-corrected chi connectivity index (χ1v) is 5.01. The number of aromatic nitrogens is 2. The molecule has 1 aliphatic rings. The molecule has 0 aromatic carbocycles. The van der Waals surface area contributed by atoms with Gasteiger partial charge in [0.1, 0.15) is 5.82 Å². The third-order valence-electron chi connectivity index (χ3n) is 2.50. The fraction of sp³-hybridized carbons (Fsp3) is 0.273. The smallest absolute Gasteiger partial charge is 0.197 e. The summed E-state index contributed by atoms with van der Waals surface area (Å²) in [6, 6.07) is 5.51. The zero-order chi connectivity index (χ0) is 10.3. The Morgan fingerprint density at radius 1 is 1.33 bits per heavy atom. The molecule has 2 aromatic rings. The van der Waals surface area contributed by atoms with Crippen molar-refractivity contribution >= 4 is 5.82 Å². The van der Waals surface area contributed by atoms with Crippen molar-refractivity contribution in [2.24, 2.45) is 0 Å².